The van der Waals surface area contributed by atoms with E-state index in [0.717, 1.165) is 37.1 Å². The number of hydrogen-bond acceptors (Lipinski definition) is 2. The van der Waals surface area contributed by atoms with Crippen LogP contribution in [0.25, 0.3) is 0 Å². The number of rotatable bonds is 0. The van der Waals surface area contributed by atoms with Crippen molar-refractivity contribution in [3.05, 3.63) is 58.7 Å². The molecule has 2 aromatic carbocycles. The fourth-order valence-electron chi connectivity index (χ4n) is 2.61. The van der Waals surface area contributed by atoms with Crippen molar-refractivity contribution < 1.29 is 0 Å². The van der Waals surface area contributed by atoms with E-state index in [1.807, 2.05) is 13.8 Å². The molecule has 0 heterocycles. The molecule has 4 aliphatic carbocycles. The number of benzene rings is 2. The van der Waals surface area contributed by atoms with Crippen molar-refractivity contribution in [1.29, 1.82) is 0 Å². The summed E-state index contributed by atoms with van der Waals surface area (Å²) in [6, 6.07) is 12.9. The maximum absolute atomic E-state index is 6.10. The molecule has 0 radical (unpaired) electrons. The van der Waals surface area contributed by atoms with Crippen molar-refractivity contribution in [3.63, 3.8) is 0 Å². The van der Waals surface area contributed by atoms with Crippen molar-refractivity contribution in [2.75, 3.05) is 11.5 Å². The second-order valence-corrected chi connectivity index (χ2v) is 5.07. The molecule has 2 aromatic rings. The van der Waals surface area contributed by atoms with E-state index in [0.29, 0.717) is 0 Å². The third-order valence-electron chi connectivity index (χ3n) is 3.79. The fraction of sp³-hybridized carbons (Fsp3) is 0.333. The second kappa shape index (κ2) is 6.47. The van der Waals surface area contributed by atoms with Crippen molar-refractivity contribution in [1.82, 2.24) is 0 Å². The van der Waals surface area contributed by atoms with E-state index in [1.54, 1.807) is 0 Å². The van der Waals surface area contributed by atoms with Crippen LogP contribution < -0.4 is 11.5 Å². The Bertz CT molecular complexity index is 534. The summed E-state index contributed by atoms with van der Waals surface area (Å²) in [5.74, 6) is 0. The monoisotopic (exact) mass is 268 g/mol. The zero-order valence-corrected chi connectivity index (χ0v) is 12.4. The first kappa shape index (κ1) is 14.4. The Morgan fingerprint density at radius 1 is 0.650 bits per heavy atom. The molecule has 0 saturated carbocycles. The topological polar surface area (TPSA) is 52.0 Å². The predicted molar refractivity (Wildman–Crippen MR) is 87.9 cm³/mol. The Hall–Kier alpha value is -1.96. The number of nitrogen functional groups attached to an aromatic ring is 2. The molecule has 0 aliphatic heterocycles. The largest absolute Gasteiger partial charge is 0.398 e. The normalized spacial score (nSPS) is 13.1. The zero-order valence-electron chi connectivity index (χ0n) is 12.4. The smallest absolute Gasteiger partial charge is 0.0349 e. The van der Waals surface area contributed by atoms with E-state index in [1.165, 1.54) is 22.3 Å². The molecule has 4 bridgehead atoms. The summed E-state index contributed by atoms with van der Waals surface area (Å²) in [5, 5.41) is 0. The van der Waals surface area contributed by atoms with E-state index in [4.69, 9.17) is 11.5 Å². The lowest BCUT2D eigenvalue weighted by Crippen LogP contribution is -2.04. The van der Waals surface area contributed by atoms with Gasteiger partial charge in [0, 0.05) is 11.4 Å². The number of aryl methyl sites for hydroxylation is 4. The third kappa shape index (κ3) is 3.13. The van der Waals surface area contributed by atoms with Crippen LogP contribution in [0.5, 0.6) is 0 Å². The van der Waals surface area contributed by atoms with Crippen LogP contribution >= 0.6 is 0 Å². The Morgan fingerprint density at radius 2 is 1.05 bits per heavy atom. The highest BCUT2D eigenvalue weighted by molar-refractivity contribution is 5.53. The molecule has 4 N–H and O–H groups in total. The van der Waals surface area contributed by atoms with Crippen LogP contribution in [0.15, 0.2) is 36.4 Å². The highest BCUT2D eigenvalue weighted by Gasteiger charge is 2.07. The summed E-state index contributed by atoms with van der Waals surface area (Å²) in [5.41, 5.74) is 19.1. The van der Waals surface area contributed by atoms with E-state index < -0.39 is 0 Å². The summed E-state index contributed by atoms with van der Waals surface area (Å²) < 4.78 is 0. The summed E-state index contributed by atoms with van der Waals surface area (Å²) in [7, 11) is 0. The van der Waals surface area contributed by atoms with Crippen LogP contribution in [-0.2, 0) is 25.7 Å². The van der Waals surface area contributed by atoms with Crippen LogP contribution in [0.2, 0.25) is 0 Å². The zero-order chi connectivity index (χ0) is 14.5. The second-order valence-electron chi connectivity index (χ2n) is 5.07. The molecule has 0 amide bonds. The summed E-state index contributed by atoms with van der Waals surface area (Å²) >= 11 is 0. The fourth-order valence-corrected chi connectivity index (χ4v) is 2.61. The van der Waals surface area contributed by atoms with Crippen LogP contribution in [0.1, 0.15) is 36.1 Å². The molecule has 0 fully saturated rings. The highest BCUT2D eigenvalue weighted by Crippen LogP contribution is 2.23. The van der Waals surface area contributed by atoms with Crippen molar-refractivity contribution in [2.45, 2.75) is 39.5 Å². The number of hydrogen-bond donors (Lipinski definition) is 2. The van der Waals surface area contributed by atoms with Gasteiger partial charge in [-0.05, 0) is 60.1 Å². The van der Waals surface area contributed by atoms with E-state index >= 15 is 0 Å². The first-order valence-corrected chi connectivity index (χ1v) is 7.47. The van der Waals surface area contributed by atoms with Gasteiger partial charge in [0.25, 0.3) is 0 Å². The Labute approximate surface area is 121 Å². The van der Waals surface area contributed by atoms with E-state index in [2.05, 4.69) is 36.4 Å². The number of anilines is 2. The van der Waals surface area contributed by atoms with E-state index in [-0.39, 0.29) is 0 Å². The predicted octanol–water partition coefficient (Wildman–Crippen LogP) is 3.76. The molecule has 0 atom stereocenters. The average Bonchev–Trinajstić information content (AvgIpc) is 2.45. The average molecular weight is 268 g/mol. The SMILES string of the molecule is CC.Nc1cc2ccc1CCc1ccc(c(N)c1)CC2. The molecule has 4 aliphatic rings. The number of nitrogens with two attached hydrogens (primary N) is 2. The molecule has 2 heteroatoms. The van der Waals surface area contributed by atoms with Gasteiger partial charge in [0.05, 0.1) is 0 Å². The summed E-state index contributed by atoms with van der Waals surface area (Å²) in [6.45, 7) is 4.00. The molecule has 0 aromatic heterocycles. The van der Waals surface area contributed by atoms with Gasteiger partial charge in [-0.25, -0.2) is 0 Å². The maximum atomic E-state index is 6.10. The van der Waals surface area contributed by atoms with Crippen molar-refractivity contribution in [2.24, 2.45) is 0 Å². The van der Waals surface area contributed by atoms with Gasteiger partial charge in [-0.3, -0.25) is 0 Å². The molecule has 6 rings (SSSR count). The Balaban J connectivity index is 0.000000704. The molecule has 20 heavy (non-hydrogen) atoms. The molecular formula is C18H24N2. The molecule has 0 spiro atoms. The van der Waals surface area contributed by atoms with Gasteiger partial charge >= 0.3 is 0 Å². The first-order valence-electron chi connectivity index (χ1n) is 7.47. The molecular weight excluding hydrogens is 244 g/mol. The Kier molecular flexibility index (Phi) is 4.67. The lowest BCUT2D eigenvalue weighted by atomic mass is 9.95. The standard InChI is InChI=1S/C16H18N2.C2H6/c17-15-9-11-1-5-13(15)8-4-12-2-6-14(7-3-11)16(18)10-12;1-2/h1-2,5-6,9-10H,3-4,7-8,17-18H2;1-2H3. The quantitative estimate of drug-likeness (QED) is 0.715. The minimum atomic E-state index is 0.926. The van der Waals surface area contributed by atoms with Crippen LogP contribution in [0, 0.1) is 0 Å². The highest BCUT2D eigenvalue weighted by atomic mass is 14.6. The van der Waals surface area contributed by atoms with Gasteiger partial charge in [0.1, 0.15) is 0 Å². The molecule has 0 saturated heterocycles. The molecule has 0 unspecified atom stereocenters. The van der Waals surface area contributed by atoms with Gasteiger partial charge < -0.3 is 11.5 Å². The lowest BCUT2D eigenvalue weighted by molar-refractivity contribution is 0.926. The van der Waals surface area contributed by atoms with E-state index in [9.17, 15) is 0 Å². The summed E-state index contributed by atoms with van der Waals surface area (Å²) in [4.78, 5) is 0. The van der Waals surface area contributed by atoms with Gasteiger partial charge in [0.2, 0.25) is 0 Å². The van der Waals surface area contributed by atoms with Gasteiger partial charge in [-0.15, -0.1) is 0 Å². The van der Waals surface area contributed by atoms with Crippen molar-refractivity contribution in [3.8, 4) is 0 Å². The van der Waals surface area contributed by atoms with Gasteiger partial charge in [-0.1, -0.05) is 38.1 Å². The minimum absolute atomic E-state index is 0.926. The van der Waals surface area contributed by atoms with Gasteiger partial charge in [0.15, 0.2) is 0 Å². The van der Waals surface area contributed by atoms with Crippen LogP contribution in [-0.4, -0.2) is 0 Å². The molecule has 106 valence electrons. The first-order chi connectivity index (χ1) is 9.72. The maximum Gasteiger partial charge on any atom is 0.0349 e. The third-order valence-corrected chi connectivity index (χ3v) is 3.79. The Morgan fingerprint density at radius 3 is 1.40 bits per heavy atom. The minimum Gasteiger partial charge on any atom is -0.398 e. The lowest BCUT2D eigenvalue weighted by Gasteiger charge is -2.13. The van der Waals surface area contributed by atoms with Crippen molar-refractivity contribution >= 4 is 11.4 Å². The van der Waals surface area contributed by atoms with Gasteiger partial charge in [-0.2, -0.15) is 0 Å². The summed E-state index contributed by atoms with van der Waals surface area (Å²) in [6.07, 6.45) is 3.94. The van der Waals surface area contributed by atoms with Crippen LogP contribution in [0.3, 0.4) is 0 Å². The van der Waals surface area contributed by atoms with Crippen LogP contribution in [0.4, 0.5) is 11.4 Å². The molecule has 2 nitrogen and oxygen atoms in total.